The highest BCUT2D eigenvalue weighted by Gasteiger charge is 2.23. The van der Waals surface area contributed by atoms with Gasteiger partial charge in [0.05, 0.1) is 24.0 Å². The van der Waals surface area contributed by atoms with Gasteiger partial charge in [0.25, 0.3) is 0 Å². The van der Waals surface area contributed by atoms with E-state index in [1.165, 1.54) is 11.8 Å². The highest BCUT2D eigenvalue weighted by atomic mass is 32.2. The molecule has 0 unspecified atom stereocenters. The molecule has 8 nitrogen and oxygen atoms in total. The van der Waals surface area contributed by atoms with E-state index in [0.29, 0.717) is 23.2 Å². The highest BCUT2D eigenvalue weighted by molar-refractivity contribution is 8.00. The number of thioether (sulfide) groups is 1. The van der Waals surface area contributed by atoms with Gasteiger partial charge >= 0.3 is 0 Å². The fourth-order valence-corrected chi connectivity index (χ4v) is 4.82. The van der Waals surface area contributed by atoms with E-state index < -0.39 is 0 Å². The lowest BCUT2D eigenvalue weighted by atomic mass is 10.1. The van der Waals surface area contributed by atoms with Gasteiger partial charge in [0, 0.05) is 24.1 Å². The minimum Gasteiger partial charge on any atom is -0.497 e. The molecular weight excluding hydrogens is 438 g/mol. The van der Waals surface area contributed by atoms with Crippen molar-refractivity contribution in [3.05, 3.63) is 48.5 Å². The van der Waals surface area contributed by atoms with Gasteiger partial charge in [-0.3, -0.25) is 9.20 Å². The fourth-order valence-electron chi connectivity index (χ4n) is 3.94. The number of nitrogens with zero attached hydrogens (tertiary/aromatic N) is 4. The van der Waals surface area contributed by atoms with Crippen LogP contribution < -0.4 is 10.1 Å². The summed E-state index contributed by atoms with van der Waals surface area (Å²) in [5, 5.41) is 13.1. The van der Waals surface area contributed by atoms with E-state index in [2.05, 4.69) is 15.5 Å². The molecule has 4 aromatic rings. The molecule has 1 aliphatic heterocycles. The minimum atomic E-state index is -0.353. The number of nitrogens with one attached hydrogen (secondary N) is 1. The first kappa shape index (κ1) is 21.7. The summed E-state index contributed by atoms with van der Waals surface area (Å²) < 4.78 is 12.8. The Labute approximate surface area is 195 Å². The number of amides is 1. The summed E-state index contributed by atoms with van der Waals surface area (Å²) in [5.74, 6) is 1.43. The molecule has 2 aromatic heterocycles. The molecule has 9 heteroatoms. The Kier molecular flexibility index (Phi) is 6.15. The van der Waals surface area contributed by atoms with E-state index in [1.54, 1.807) is 7.11 Å². The lowest BCUT2D eigenvalue weighted by Gasteiger charge is -2.15. The number of hydrogen-bond acceptors (Lipinski definition) is 7. The van der Waals surface area contributed by atoms with Crippen molar-refractivity contribution in [3.8, 4) is 17.1 Å². The van der Waals surface area contributed by atoms with Crippen LogP contribution in [0.3, 0.4) is 0 Å². The van der Waals surface area contributed by atoms with E-state index in [0.717, 1.165) is 41.7 Å². The molecule has 2 aromatic carbocycles. The van der Waals surface area contributed by atoms with Crippen LogP contribution in [0.25, 0.3) is 27.9 Å². The van der Waals surface area contributed by atoms with Gasteiger partial charge in [-0.05, 0) is 56.2 Å². The Morgan fingerprint density at radius 1 is 1.24 bits per heavy atom. The SMILES string of the molecule is COc1ccc(-c2nc3ccccc3c3nnc(S[C@@H](C)C(=O)NC[C@@H]4CCCO4)n23)cc1. The first-order valence-corrected chi connectivity index (χ1v) is 11.9. The van der Waals surface area contributed by atoms with Gasteiger partial charge in [0.15, 0.2) is 10.8 Å². The standard InChI is InChI=1S/C24H25N5O3S/c1-15(23(30)25-14-18-6-5-13-32-18)33-24-28-27-22-19-7-3-4-8-20(19)26-21(29(22)24)16-9-11-17(31-2)12-10-16/h3-4,7-12,15,18H,5-6,13-14H2,1-2H3,(H,25,30)/t15-,18-/m0/s1. The molecule has 2 atom stereocenters. The largest absolute Gasteiger partial charge is 0.497 e. The molecule has 1 aliphatic rings. The van der Waals surface area contributed by atoms with Crippen LogP contribution in [0.4, 0.5) is 0 Å². The van der Waals surface area contributed by atoms with Crippen LogP contribution in [0, 0.1) is 0 Å². The first-order chi connectivity index (χ1) is 16.1. The third kappa shape index (κ3) is 4.38. The van der Waals surface area contributed by atoms with Crippen molar-refractivity contribution in [2.75, 3.05) is 20.3 Å². The molecule has 1 amide bonds. The molecule has 33 heavy (non-hydrogen) atoms. The number of carbonyl (C=O) groups excluding carboxylic acids is 1. The van der Waals surface area contributed by atoms with Crippen molar-refractivity contribution in [1.29, 1.82) is 0 Å². The van der Waals surface area contributed by atoms with Crippen molar-refractivity contribution in [2.45, 2.75) is 36.3 Å². The van der Waals surface area contributed by atoms with Gasteiger partial charge < -0.3 is 14.8 Å². The molecular formula is C24H25N5O3S. The summed E-state index contributed by atoms with van der Waals surface area (Å²) in [6, 6.07) is 15.6. The number of fused-ring (bicyclic) bond motifs is 3. The van der Waals surface area contributed by atoms with Crippen molar-refractivity contribution in [3.63, 3.8) is 0 Å². The average Bonchev–Trinajstić information content (AvgIpc) is 3.52. The van der Waals surface area contributed by atoms with Crippen LogP contribution in [-0.2, 0) is 9.53 Å². The Balaban J connectivity index is 1.49. The molecule has 0 saturated carbocycles. The van der Waals surface area contributed by atoms with Crippen molar-refractivity contribution >= 4 is 34.2 Å². The zero-order valence-electron chi connectivity index (χ0n) is 18.5. The second-order valence-electron chi connectivity index (χ2n) is 7.96. The highest BCUT2D eigenvalue weighted by Crippen LogP contribution is 2.31. The molecule has 0 bridgehead atoms. The van der Waals surface area contributed by atoms with Crippen LogP contribution in [0.2, 0.25) is 0 Å². The predicted octanol–water partition coefficient (Wildman–Crippen LogP) is 3.73. The van der Waals surface area contributed by atoms with E-state index in [4.69, 9.17) is 14.5 Å². The summed E-state index contributed by atoms with van der Waals surface area (Å²) >= 11 is 1.37. The van der Waals surface area contributed by atoms with Gasteiger partial charge in [0.2, 0.25) is 5.91 Å². The molecule has 170 valence electrons. The third-order valence-corrected chi connectivity index (χ3v) is 6.79. The lowest BCUT2D eigenvalue weighted by molar-refractivity contribution is -0.120. The Morgan fingerprint density at radius 3 is 2.82 bits per heavy atom. The van der Waals surface area contributed by atoms with E-state index in [-0.39, 0.29) is 17.3 Å². The predicted molar refractivity (Wildman–Crippen MR) is 128 cm³/mol. The van der Waals surface area contributed by atoms with Crippen LogP contribution >= 0.6 is 11.8 Å². The molecule has 0 aliphatic carbocycles. The summed E-state index contributed by atoms with van der Waals surface area (Å²) in [6.45, 7) is 3.18. The molecule has 1 saturated heterocycles. The first-order valence-electron chi connectivity index (χ1n) is 11.0. The van der Waals surface area contributed by atoms with Crippen LogP contribution in [-0.4, -0.2) is 57.1 Å². The fraction of sp³-hybridized carbons (Fsp3) is 0.333. The number of rotatable bonds is 7. The zero-order valence-corrected chi connectivity index (χ0v) is 19.3. The third-order valence-electron chi connectivity index (χ3n) is 5.74. The molecule has 3 heterocycles. The summed E-state index contributed by atoms with van der Waals surface area (Å²) in [7, 11) is 1.64. The smallest absolute Gasteiger partial charge is 0.233 e. The van der Waals surface area contributed by atoms with E-state index >= 15 is 0 Å². The van der Waals surface area contributed by atoms with Gasteiger partial charge in [0.1, 0.15) is 11.6 Å². The Bertz CT molecular complexity index is 1280. The number of aromatic nitrogens is 4. The van der Waals surface area contributed by atoms with Crippen molar-refractivity contribution < 1.29 is 14.3 Å². The zero-order chi connectivity index (χ0) is 22.8. The number of hydrogen-bond donors (Lipinski definition) is 1. The molecule has 1 fully saturated rings. The van der Waals surface area contributed by atoms with E-state index in [9.17, 15) is 4.79 Å². The maximum absolute atomic E-state index is 12.7. The summed E-state index contributed by atoms with van der Waals surface area (Å²) in [4.78, 5) is 17.6. The van der Waals surface area contributed by atoms with Gasteiger partial charge in [-0.15, -0.1) is 10.2 Å². The van der Waals surface area contributed by atoms with E-state index in [1.807, 2.05) is 59.9 Å². The molecule has 5 rings (SSSR count). The lowest BCUT2D eigenvalue weighted by Crippen LogP contribution is -2.36. The number of carbonyl (C=O) groups is 1. The van der Waals surface area contributed by atoms with Crippen LogP contribution in [0.15, 0.2) is 53.7 Å². The summed E-state index contributed by atoms with van der Waals surface area (Å²) in [5.41, 5.74) is 2.45. The van der Waals surface area contributed by atoms with Gasteiger partial charge in [-0.1, -0.05) is 23.9 Å². The topological polar surface area (TPSA) is 90.6 Å². The number of para-hydroxylation sites is 1. The number of methoxy groups -OCH3 is 1. The van der Waals surface area contributed by atoms with Crippen molar-refractivity contribution in [2.24, 2.45) is 0 Å². The second kappa shape index (κ2) is 9.36. The van der Waals surface area contributed by atoms with Gasteiger partial charge in [-0.25, -0.2) is 4.98 Å². The number of benzene rings is 2. The van der Waals surface area contributed by atoms with Gasteiger partial charge in [-0.2, -0.15) is 0 Å². The Morgan fingerprint density at radius 2 is 2.06 bits per heavy atom. The quantitative estimate of drug-likeness (QED) is 0.418. The molecule has 1 N–H and O–H groups in total. The normalized spacial score (nSPS) is 16.8. The number of ether oxygens (including phenoxy) is 2. The minimum absolute atomic E-state index is 0.0491. The van der Waals surface area contributed by atoms with Crippen LogP contribution in [0.1, 0.15) is 19.8 Å². The maximum Gasteiger partial charge on any atom is 0.233 e. The van der Waals surface area contributed by atoms with Crippen LogP contribution in [0.5, 0.6) is 5.75 Å². The monoisotopic (exact) mass is 463 g/mol. The maximum atomic E-state index is 12.7. The molecule has 0 spiro atoms. The summed E-state index contributed by atoms with van der Waals surface area (Å²) in [6.07, 6.45) is 2.14. The van der Waals surface area contributed by atoms with Crippen molar-refractivity contribution in [1.82, 2.24) is 24.9 Å². The molecule has 0 radical (unpaired) electrons. The Hall–Kier alpha value is -3.17. The average molecular weight is 464 g/mol. The second-order valence-corrected chi connectivity index (χ2v) is 9.27.